The average molecular weight is 613 g/mol. The normalized spacial score (nSPS) is 15.7. The highest BCUT2D eigenvalue weighted by Gasteiger charge is 2.54. The lowest BCUT2D eigenvalue weighted by Crippen LogP contribution is -2.48. The van der Waals surface area contributed by atoms with Gasteiger partial charge in [0.2, 0.25) is 11.8 Å². The smallest absolute Gasteiger partial charge is 0.404 e. The number of halogens is 3. The molecule has 1 aromatic carbocycles. The quantitative estimate of drug-likeness (QED) is 0.284. The van der Waals surface area contributed by atoms with Crippen LogP contribution in [0.15, 0.2) is 24.3 Å². The second-order valence-corrected chi connectivity index (χ2v) is 11.3. The lowest BCUT2D eigenvalue weighted by Gasteiger charge is -2.26. The van der Waals surface area contributed by atoms with Crippen molar-refractivity contribution in [1.82, 2.24) is 20.9 Å². The fraction of sp³-hybridized carbons (Fsp3) is 0.552. The van der Waals surface area contributed by atoms with Gasteiger partial charge in [-0.2, -0.15) is 13.2 Å². The van der Waals surface area contributed by atoms with Crippen molar-refractivity contribution in [2.45, 2.75) is 59.7 Å². The molecule has 0 aliphatic carbocycles. The summed E-state index contributed by atoms with van der Waals surface area (Å²) in [4.78, 5) is 64.8. The Morgan fingerprint density at radius 3 is 2.33 bits per heavy atom. The minimum Gasteiger partial charge on any atom is -0.496 e. The number of fused-ring (bicyclic) bond motifs is 1. The second kappa shape index (κ2) is 14.9. The number of amides is 3. The van der Waals surface area contributed by atoms with Crippen molar-refractivity contribution in [2.24, 2.45) is 17.3 Å². The van der Waals surface area contributed by atoms with Gasteiger partial charge in [-0.05, 0) is 50.8 Å². The molecular weight excluding hydrogens is 573 g/mol. The van der Waals surface area contributed by atoms with Crippen LogP contribution in [0.3, 0.4) is 0 Å². The van der Waals surface area contributed by atoms with Crippen LogP contribution in [0.1, 0.15) is 57.9 Å². The van der Waals surface area contributed by atoms with Crippen molar-refractivity contribution in [3.63, 3.8) is 0 Å². The number of nitrogens with one attached hydrogen (secondary N) is 4. The molecule has 1 saturated heterocycles. The number of esters is 1. The second-order valence-electron chi connectivity index (χ2n) is 11.3. The molecule has 3 amide bonds. The zero-order valence-electron chi connectivity index (χ0n) is 25.1. The number of carbonyl (C=O) groups excluding carboxylic acids is 5. The van der Waals surface area contributed by atoms with Crippen LogP contribution in [-0.2, 0) is 23.9 Å². The van der Waals surface area contributed by atoms with E-state index in [9.17, 15) is 37.1 Å². The fourth-order valence-corrected chi connectivity index (χ4v) is 3.89. The summed E-state index contributed by atoms with van der Waals surface area (Å²) in [6.45, 7) is 6.51. The Morgan fingerprint density at radius 2 is 1.77 bits per heavy atom. The molecule has 4 N–H and O–H groups in total. The van der Waals surface area contributed by atoms with Crippen molar-refractivity contribution in [3.8, 4) is 5.75 Å². The van der Waals surface area contributed by atoms with E-state index in [1.807, 2.05) is 0 Å². The number of Topliss-reactive ketones (excluding diaryl/α,β-unsaturated/α-hetero) is 1. The molecule has 2 atom stereocenters. The Kier molecular flexibility index (Phi) is 12.1. The molecule has 0 radical (unpaired) electrons. The van der Waals surface area contributed by atoms with Gasteiger partial charge in [-0.25, -0.2) is 0 Å². The summed E-state index contributed by atoms with van der Waals surface area (Å²) in [6, 6.07) is 5.38. The van der Waals surface area contributed by atoms with Gasteiger partial charge in [0.25, 0.3) is 5.91 Å². The Labute approximate surface area is 247 Å². The van der Waals surface area contributed by atoms with E-state index in [1.54, 1.807) is 24.3 Å². The average Bonchev–Trinajstić information content (AvgIpc) is 3.54. The van der Waals surface area contributed by atoms with Gasteiger partial charge in [0.1, 0.15) is 11.4 Å². The van der Waals surface area contributed by atoms with Gasteiger partial charge in [0.05, 0.1) is 19.7 Å². The molecule has 11 nitrogen and oxygen atoms in total. The molecule has 0 spiro atoms. The third-order valence-corrected chi connectivity index (χ3v) is 6.47. The molecule has 0 unspecified atom stereocenters. The number of aromatic nitrogens is 1. The monoisotopic (exact) mass is 612 g/mol. The number of alkyl halides is 3. The van der Waals surface area contributed by atoms with E-state index < -0.39 is 60.3 Å². The highest BCUT2D eigenvalue weighted by molar-refractivity contribution is 6.01. The number of methoxy groups -OCH3 is 1. The van der Waals surface area contributed by atoms with Gasteiger partial charge in [0.15, 0.2) is 17.8 Å². The van der Waals surface area contributed by atoms with Crippen molar-refractivity contribution >= 4 is 40.4 Å². The molecule has 43 heavy (non-hydrogen) atoms. The third-order valence-electron chi connectivity index (χ3n) is 6.47. The highest BCUT2D eigenvalue weighted by Crippen LogP contribution is 2.38. The van der Waals surface area contributed by atoms with Crippen LogP contribution in [0.4, 0.5) is 13.2 Å². The summed E-state index contributed by atoms with van der Waals surface area (Å²) in [7, 11) is 1.48. The lowest BCUT2D eigenvalue weighted by molar-refractivity contribution is -0.224. The largest absolute Gasteiger partial charge is 0.496 e. The van der Waals surface area contributed by atoms with E-state index in [-0.39, 0.29) is 18.0 Å². The number of hydrogen-bond acceptors (Lipinski definition) is 7. The molecule has 0 bridgehead atoms. The molecule has 238 valence electrons. The van der Waals surface area contributed by atoms with Crippen molar-refractivity contribution in [3.05, 3.63) is 30.0 Å². The SMILES string of the molecule is CC(C)C.COc1cccc2[nH]c(C(=O)NCC(=O)N[C@@H](C[C@@H]3CCNC3=O)C(=O)COC(=O)C(C)(C)C(F)(F)F)cc12. The van der Waals surface area contributed by atoms with Gasteiger partial charge < -0.3 is 30.4 Å². The van der Waals surface area contributed by atoms with Crippen molar-refractivity contribution < 1.29 is 46.6 Å². The number of hydrogen-bond donors (Lipinski definition) is 4. The van der Waals surface area contributed by atoms with Crippen LogP contribution in [0, 0.1) is 17.3 Å². The number of ether oxygens (including phenoxy) is 2. The van der Waals surface area contributed by atoms with Crippen LogP contribution in [0.2, 0.25) is 0 Å². The molecule has 1 fully saturated rings. The van der Waals surface area contributed by atoms with E-state index in [0.717, 1.165) is 5.92 Å². The van der Waals surface area contributed by atoms with E-state index in [2.05, 4.69) is 46.4 Å². The third kappa shape index (κ3) is 9.72. The first-order valence-corrected chi connectivity index (χ1v) is 13.8. The molecule has 2 aromatic rings. The fourth-order valence-electron chi connectivity index (χ4n) is 3.89. The molecule has 0 saturated carbocycles. The predicted molar refractivity (Wildman–Crippen MR) is 151 cm³/mol. The Hall–Kier alpha value is -4.10. The van der Waals surface area contributed by atoms with Crippen molar-refractivity contribution in [2.75, 3.05) is 26.8 Å². The molecule has 1 aliphatic heterocycles. The first-order valence-electron chi connectivity index (χ1n) is 13.8. The number of carbonyl (C=O) groups is 5. The van der Waals surface area contributed by atoms with E-state index in [1.165, 1.54) is 7.11 Å². The topological polar surface area (TPSA) is 156 Å². The van der Waals surface area contributed by atoms with Gasteiger partial charge in [-0.1, -0.05) is 26.8 Å². The van der Waals surface area contributed by atoms with Crippen molar-refractivity contribution in [1.29, 1.82) is 0 Å². The number of H-pyrrole nitrogens is 1. The van der Waals surface area contributed by atoms with Crippen LogP contribution in [0.5, 0.6) is 5.75 Å². The lowest BCUT2D eigenvalue weighted by atomic mass is 9.93. The Balaban J connectivity index is 0.00000151. The Morgan fingerprint density at radius 1 is 1.12 bits per heavy atom. The zero-order chi connectivity index (χ0) is 32.5. The molecule has 1 aliphatic rings. The summed E-state index contributed by atoms with van der Waals surface area (Å²) < 4.78 is 49.1. The first kappa shape index (κ1) is 35.1. The molecular formula is C29H39F3N4O7. The minimum atomic E-state index is -4.91. The number of ketones is 1. The van der Waals surface area contributed by atoms with Gasteiger partial charge in [-0.15, -0.1) is 0 Å². The summed E-state index contributed by atoms with van der Waals surface area (Å²) in [5.74, 6) is -3.59. The minimum absolute atomic E-state index is 0.150. The summed E-state index contributed by atoms with van der Waals surface area (Å²) in [6.07, 6.45) is -4.69. The standard InChI is InChI=1S/C25H29F3N4O7.C4H10/c1-24(2,25(26,27)28)23(37)39-12-18(33)16(9-13-7-8-29-21(13)35)32-20(34)11-30-22(36)17-10-14-15(31-17)5-4-6-19(14)38-3;1-4(2)3/h4-6,10,13,16,31H,7-9,11-12H2,1-3H3,(H,29,35)(H,30,36)(H,32,34);4H,1-3H3/t13-,16-;/m0./s1. The number of aromatic amines is 1. The van der Waals surface area contributed by atoms with Gasteiger partial charge in [-0.3, -0.25) is 24.0 Å². The summed E-state index contributed by atoms with van der Waals surface area (Å²) >= 11 is 0. The van der Waals surface area contributed by atoms with E-state index >= 15 is 0 Å². The molecule has 3 rings (SSSR count). The number of rotatable bonds is 11. The number of benzene rings is 1. The highest BCUT2D eigenvalue weighted by atomic mass is 19.4. The molecule has 2 heterocycles. The van der Waals surface area contributed by atoms with Crippen LogP contribution < -0.4 is 20.7 Å². The summed E-state index contributed by atoms with van der Waals surface area (Å²) in [5, 5.41) is 8.03. The molecule has 14 heteroatoms. The van der Waals surface area contributed by atoms with Crippen LogP contribution in [-0.4, -0.2) is 73.5 Å². The van der Waals surface area contributed by atoms with Gasteiger partial charge >= 0.3 is 12.1 Å². The summed E-state index contributed by atoms with van der Waals surface area (Å²) in [5.41, 5.74) is -2.07. The Bertz CT molecular complexity index is 1320. The first-order chi connectivity index (χ1) is 20.0. The zero-order valence-corrected chi connectivity index (χ0v) is 25.1. The maximum Gasteiger partial charge on any atom is 0.404 e. The van der Waals surface area contributed by atoms with Gasteiger partial charge in [0, 0.05) is 23.4 Å². The molecule has 1 aromatic heterocycles. The maximum absolute atomic E-state index is 13.1. The van der Waals surface area contributed by atoms with Crippen LogP contribution >= 0.6 is 0 Å². The van der Waals surface area contributed by atoms with Crippen LogP contribution in [0.25, 0.3) is 10.9 Å². The predicted octanol–water partition coefficient (Wildman–Crippen LogP) is 3.28. The van der Waals surface area contributed by atoms with E-state index in [4.69, 9.17) is 4.74 Å². The maximum atomic E-state index is 13.1. The van der Waals surface area contributed by atoms with E-state index in [0.29, 0.717) is 43.5 Å².